The van der Waals surface area contributed by atoms with Crippen LogP contribution in [0.1, 0.15) is 24.5 Å². The molecule has 0 spiro atoms. The number of esters is 1. The molecule has 1 aromatic heterocycles. The van der Waals surface area contributed by atoms with Crippen molar-refractivity contribution in [2.45, 2.75) is 25.9 Å². The van der Waals surface area contributed by atoms with E-state index < -0.39 is 18.0 Å². The van der Waals surface area contributed by atoms with Crippen LogP contribution in [0.25, 0.3) is 0 Å². The SMILES string of the molecule is C[C@H](OC(=O)CCc1ccsc1)C(=O)Nc1ccc(C#N)cc1. The van der Waals surface area contributed by atoms with Crippen molar-refractivity contribution in [3.8, 4) is 6.07 Å². The van der Waals surface area contributed by atoms with E-state index in [4.69, 9.17) is 10.00 Å². The summed E-state index contributed by atoms with van der Waals surface area (Å²) in [6.07, 6.45) is -0.0297. The van der Waals surface area contributed by atoms with Gasteiger partial charge in [-0.05, 0) is 60.0 Å². The number of rotatable bonds is 6. The summed E-state index contributed by atoms with van der Waals surface area (Å²) >= 11 is 1.58. The van der Waals surface area contributed by atoms with Crippen molar-refractivity contribution >= 4 is 28.9 Å². The molecule has 1 aromatic carbocycles. The van der Waals surface area contributed by atoms with Gasteiger partial charge in [-0.25, -0.2) is 0 Å². The van der Waals surface area contributed by atoms with Gasteiger partial charge in [0, 0.05) is 12.1 Å². The van der Waals surface area contributed by atoms with E-state index in [1.807, 2.05) is 22.9 Å². The molecule has 1 amide bonds. The highest BCUT2D eigenvalue weighted by molar-refractivity contribution is 7.07. The van der Waals surface area contributed by atoms with Crippen molar-refractivity contribution in [3.63, 3.8) is 0 Å². The number of carbonyl (C=O) groups excluding carboxylic acids is 2. The molecular weight excluding hydrogens is 312 g/mol. The minimum atomic E-state index is -0.874. The Kier molecular flexibility index (Phi) is 5.89. The number of hydrogen-bond donors (Lipinski definition) is 1. The second-order valence-electron chi connectivity index (χ2n) is 4.94. The van der Waals surface area contributed by atoms with Crippen LogP contribution in [0.15, 0.2) is 41.1 Å². The van der Waals surface area contributed by atoms with Crippen molar-refractivity contribution in [3.05, 3.63) is 52.2 Å². The third-order valence-corrected chi connectivity index (χ3v) is 3.89. The Bertz CT molecular complexity index is 702. The number of anilines is 1. The zero-order valence-corrected chi connectivity index (χ0v) is 13.4. The molecule has 0 bridgehead atoms. The fraction of sp³-hybridized carbons (Fsp3) is 0.235. The van der Waals surface area contributed by atoms with Crippen LogP contribution < -0.4 is 5.32 Å². The summed E-state index contributed by atoms with van der Waals surface area (Å²) in [4.78, 5) is 23.7. The van der Waals surface area contributed by atoms with E-state index in [9.17, 15) is 9.59 Å². The van der Waals surface area contributed by atoms with E-state index in [0.29, 0.717) is 17.7 Å². The summed E-state index contributed by atoms with van der Waals surface area (Å²) in [6, 6.07) is 10.4. The quantitative estimate of drug-likeness (QED) is 0.826. The second-order valence-corrected chi connectivity index (χ2v) is 5.72. The van der Waals surface area contributed by atoms with E-state index >= 15 is 0 Å². The average molecular weight is 328 g/mol. The molecule has 0 saturated heterocycles. The smallest absolute Gasteiger partial charge is 0.306 e. The molecule has 23 heavy (non-hydrogen) atoms. The van der Waals surface area contributed by atoms with Crippen molar-refractivity contribution in [1.82, 2.24) is 0 Å². The van der Waals surface area contributed by atoms with Crippen LogP contribution in [0.4, 0.5) is 5.69 Å². The molecule has 2 rings (SSSR count). The van der Waals surface area contributed by atoms with Gasteiger partial charge in [0.1, 0.15) is 0 Å². The first-order chi connectivity index (χ1) is 11.1. The summed E-state index contributed by atoms with van der Waals surface area (Å²) in [5.41, 5.74) is 2.15. The fourth-order valence-corrected chi connectivity index (χ4v) is 2.57. The molecule has 0 unspecified atom stereocenters. The summed E-state index contributed by atoms with van der Waals surface area (Å²) in [7, 11) is 0. The first kappa shape index (κ1) is 16.7. The van der Waals surface area contributed by atoms with Gasteiger partial charge in [0.15, 0.2) is 6.10 Å². The maximum absolute atomic E-state index is 12.0. The van der Waals surface area contributed by atoms with Gasteiger partial charge in [0.05, 0.1) is 11.6 Å². The van der Waals surface area contributed by atoms with Crippen LogP contribution in [0.5, 0.6) is 0 Å². The number of hydrogen-bond acceptors (Lipinski definition) is 5. The average Bonchev–Trinajstić information content (AvgIpc) is 3.07. The standard InChI is InChI=1S/C17H16N2O3S/c1-12(22-16(20)7-4-14-8-9-23-11-14)17(21)19-15-5-2-13(10-18)3-6-15/h2-3,5-6,8-9,11-12H,4,7H2,1H3,(H,19,21)/t12-/m0/s1. The van der Waals surface area contributed by atoms with Gasteiger partial charge in [0.2, 0.25) is 0 Å². The van der Waals surface area contributed by atoms with Crippen LogP contribution in [-0.2, 0) is 20.7 Å². The maximum atomic E-state index is 12.0. The number of carbonyl (C=O) groups is 2. The lowest BCUT2D eigenvalue weighted by Crippen LogP contribution is -2.30. The van der Waals surface area contributed by atoms with Crippen molar-refractivity contribution in [2.75, 3.05) is 5.32 Å². The monoisotopic (exact) mass is 328 g/mol. The number of amides is 1. The molecule has 0 aliphatic carbocycles. The van der Waals surface area contributed by atoms with Crippen LogP contribution in [0, 0.1) is 11.3 Å². The topological polar surface area (TPSA) is 79.2 Å². The van der Waals surface area contributed by atoms with Crippen molar-refractivity contribution in [2.24, 2.45) is 0 Å². The van der Waals surface area contributed by atoms with Gasteiger partial charge in [-0.15, -0.1) is 0 Å². The van der Waals surface area contributed by atoms with E-state index in [2.05, 4.69) is 5.32 Å². The number of nitriles is 1. The largest absolute Gasteiger partial charge is 0.453 e. The van der Waals surface area contributed by atoms with Crippen LogP contribution >= 0.6 is 11.3 Å². The first-order valence-electron chi connectivity index (χ1n) is 7.10. The van der Waals surface area contributed by atoms with Crippen molar-refractivity contribution in [1.29, 1.82) is 5.26 Å². The zero-order chi connectivity index (χ0) is 16.7. The number of benzene rings is 1. The predicted octanol–water partition coefficient (Wildman–Crippen LogP) is 3.12. The third-order valence-electron chi connectivity index (χ3n) is 3.16. The highest BCUT2D eigenvalue weighted by Gasteiger charge is 2.17. The molecule has 0 radical (unpaired) electrons. The number of thiophene rings is 1. The minimum Gasteiger partial charge on any atom is -0.453 e. The Morgan fingerprint density at radius 3 is 2.65 bits per heavy atom. The van der Waals surface area contributed by atoms with Gasteiger partial charge in [-0.2, -0.15) is 16.6 Å². The molecule has 2 aromatic rings. The molecule has 118 valence electrons. The van der Waals surface area contributed by atoms with Crippen LogP contribution in [0.2, 0.25) is 0 Å². The summed E-state index contributed by atoms with van der Waals surface area (Å²) in [5.74, 6) is -0.808. The first-order valence-corrected chi connectivity index (χ1v) is 8.04. The molecule has 1 N–H and O–H groups in total. The molecular formula is C17H16N2O3S. The highest BCUT2D eigenvalue weighted by atomic mass is 32.1. The van der Waals surface area contributed by atoms with Gasteiger partial charge < -0.3 is 10.1 Å². The molecule has 0 aliphatic heterocycles. The van der Waals surface area contributed by atoms with Crippen LogP contribution in [0.3, 0.4) is 0 Å². The van der Waals surface area contributed by atoms with Crippen LogP contribution in [-0.4, -0.2) is 18.0 Å². The lowest BCUT2D eigenvalue weighted by atomic mass is 10.2. The van der Waals surface area contributed by atoms with Gasteiger partial charge in [0.25, 0.3) is 5.91 Å². The van der Waals surface area contributed by atoms with Gasteiger partial charge >= 0.3 is 5.97 Å². The Hall–Kier alpha value is -2.65. The lowest BCUT2D eigenvalue weighted by molar-refractivity contribution is -0.153. The van der Waals surface area contributed by atoms with E-state index in [1.54, 1.807) is 35.6 Å². The molecule has 6 heteroatoms. The van der Waals surface area contributed by atoms with E-state index in [0.717, 1.165) is 5.56 Å². The Morgan fingerprint density at radius 2 is 2.04 bits per heavy atom. The molecule has 0 aliphatic rings. The normalized spacial score (nSPS) is 11.3. The Labute approximate surface area is 138 Å². The number of aryl methyl sites for hydroxylation is 1. The molecule has 1 atom stereocenters. The number of nitrogens with one attached hydrogen (secondary N) is 1. The molecule has 5 nitrogen and oxygen atoms in total. The second kappa shape index (κ2) is 8.11. The molecule has 1 heterocycles. The maximum Gasteiger partial charge on any atom is 0.306 e. The summed E-state index contributed by atoms with van der Waals surface area (Å²) < 4.78 is 5.13. The van der Waals surface area contributed by atoms with Gasteiger partial charge in [-0.3, -0.25) is 9.59 Å². The van der Waals surface area contributed by atoms with Crippen molar-refractivity contribution < 1.29 is 14.3 Å². The lowest BCUT2D eigenvalue weighted by Gasteiger charge is -2.13. The predicted molar refractivity (Wildman–Crippen MR) is 88.0 cm³/mol. The molecule has 0 saturated carbocycles. The Balaban J connectivity index is 1.79. The summed E-state index contributed by atoms with van der Waals surface area (Å²) in [5, 5.41) is 15.3. The Morgan fingerprint density at radius 1 is 1.30 bits per heavy atom. The zero-order valence-electron chi connectivity index (χ0n) is 12.6. The number of nitrogens with zero attached hydrogens (tertiary/aromatic N) is 1. The minimum absolute atomic E-state index is 0.241. The highest BCUT2D eigenvalue weighted by Crippen LogP contribution is 2.11. The summed E-state index contributed by atoms with van der Waals surface area (Å²) in [6.45, 7) is 1.53. The van der Waals surface area contributed by atoms with E-state index in [1.165, 1.54) is 6.92 Å². The van der Waals surface area contributed by atoms with E-state index in [-0.39, 0.29) is 6.42 Å². The third kappa shape index (κ3) is 5.24. The fourth-order valence-electron chi connectivity index (χ4n) is 1.86. The number of ether oxygens (including phenoxy) is 1. The molecule has 0 fully saturated rings. The van der Waals surface area contributed by atoms with Gasteiger partial charge in [-0.1, -0.05) is 0 Å².